The zero-order chi connectivity index (χ0) is 10.8. The van der Waals surface area contributed by atoms with E-state index in [1.165, 1.54) is 12.1 Å². The molecule has 0 radical (unpaired) electrons. The van der Waals surface area contributed by atoms with E-state index < -0.39 is 0 Å². The van der Waals surface area contributed by atoms with Gasteiger partial charge in [-0.1, -0.05) is 0 Å². The Morgan fingerprint density at radius 2 is 2.07 bits per heavy atom. The minimum Gasteiger partial charge on any atom is -0.311 e. The van der Waals surface area contributed by atoms with Crippen molar-refractivity contribution in [1.29, 1.82) is 0 Å². The molecule has 1 aromatic carbocycles. The topological polar surface area (TPSA) is 32.3 Å². The average molecular weight is 208 g/mol. The number of amides is 1. The van der Waals surface area contributed by atoms with E-state index in [1.54, 1.807) is 24.1 Å². The van der Waals surface area contributed by atoms with Gasteiger partial charge in [-0.15, -0.1) is 0 Å². The molecule has 1 amide bonds. The van der Waals surface area contributed by atoms with Crippen molar-refractivity contribution in [3.8, 4) is 0 Å². The molecular weight excluding hydrogens is 195 g/mol. The van der Waals surface area contributed by atoms with Gasteiger partial charge in [-0.25, -0.2) is 4.39 Å². The van der Waals surface area contributed by atoms with Gasteiger partial charge in [-0.05, 0) is 37.7 Å². The molecule has 0 aromatic heterocycles. The summed E-state index contributed by atoms with van der Waals surface area (Å²) in [7, 11) is 1.77. The number of carbonyl (C=O) groups is 1. The van der Waals surface area contributed by atoms with Crippen LogP contribution in [0.1, 0.15) is 6.42 Å². The third-order valence-corrected chi connectivity index (χ3v) is 2.69. The Bertz CT molecular complexity index is 363. The van der Waals surface area contributed by atoms with Gasteiger partial charge in [0, 0.05) is 12.2 Å². The van der Waals surface area contributed by atoms with Crippen molar-refractivity contribution < 1.29 is 9.18 Å². The number of hydrogen-bond donors (Lipinski definition) is 1. The normalized spacial score (nSPS) is 21.1. The van der Waals surface area contributed by atoms with Gasteiger partial charge in [0.05, 0.1) is 6.04 Å². The average Bonchev–Trinajstić information content (AvgIpc) is 2.61. The molecule has 1 fully saturated rings. The summed E-state index contributed by atoms with van der Waals surface area (Å²) in [5, 5.41) is 2.96. The molecule has 1 heterocycles. The van der Waals surface area contributed by atoms with Crippen LogP contribution in [0.2, 0.25) is 0 Å². The molecular formula is C11H13FN2O. The van der Waals surface area contributed by atoms with Gasteiger partial charge in [0.2, 0.25) is 5.91 Å². The zero-order valence-electron chi connectivity index (χ0n) is 8.53. The van der Waals surface area contributed by atoms with E-state index in [0.717, 1.165) is 12.1 Å². The maximum Gasteiger partial charge on any atom is 0.244 e. The van der Waals surface area contributed by atoms with Gasteiger partial charge in [0.1, 0.15) is 5.82 Å². The largest absolute Gasteiger partial charge is 0.311 e. The molecule has 0 bridgehead atoms. The SMILES string of the molecule is CNC1CCN(c2ccc(F)cc2)C1=O. The van der Waals surface area contributed by atoms with E-state index in [1.807, 2.05) is 0 Å². The zero-order valence-corrected chi connectivity index (χ0v) is 8.53. The fourth-order valence-corrected chi connectivity index (χ4v) is 1.83. The Hall–Kier alpha value is -1.42. The summed E-state index contributed by atoms with van der Waals surface area (Å²) in [6.07, 6.45) is 0.798. The highest BCUT2D eigenvalue weighted by atomic mass is 19.1. The van der Waals surface area contributed by atoms with Gasteiger partial charge in [0.15, 0.2) is 0 Å². The van der Waals surface area contributed by atoms with Crippen molar-refractivity contribution in [2.75, 3.05) is 18.5 Å². The molecule has 1 aromatic rings. The lowest BCUT2D eigenvalue weighted by molar-refractivity contribution is -0.118. The van der Waals surface area contributed by atoms with E-state index in [0.29, 0.717) is 6.54 Å². The maximum absolute atomic E-state index is 12.7. The Kier molecular flexibility index (Phi) is 2.68. The summed E-state index contributed by atoms with van der Waals surface area (Å²) in [6.45, 7) is 0.690. The molecule has 2 rings (SSSR count). The van der Waals surface area contributed by atoms with Crippen LogP contribution in [0.15, 0.2) is 24.3 Å². The molecule has 1 unspecified atom stereocenters. The van der Waals surface area contributed by atoms with Crippen LogP contribution in [-0.2, 0) is 4.79 Å². The number of rotatable bonds is 2. The number of halogens is 1. The lowest BCUT2D eigenvalue weighted by atomic mass is 10.2. The van der Waals surface area contributed by atoms with Crippen molar-refractivity contribution in [1.82, 2.24) is 5.32 Å². The number of anilines is 1. The fourth-order valence-electron chi connectivity index (χ4n) is 1.83. The number of likely N-dealkylation sites (N-methyl/N-ethyl adjacent to an activating group) is 1. The van der Waals surface area contributed by atoms with Crippen LogP contribution in [0, 0.1) is 5.82 Å². The first-order chi connectivity index (χ1) is 7.22. The standard InChI is InChI=1S/C11H13FN2O/c1-13-10-6-7-14(11(10)15)9-4-2-8(12)3-5-9/h2-5,10,13H,6-7H2,1H3. The quantitative estimate of drug-likeness (QED) is 0.790. The van der Waals surface area contributed by atoms with Gasteiger partial charge in [0.25, 0.3) is 0 Å². The summed E-state index contributed by atoms with van der Waals surface area (Å²) in [5.41, 5.74) is 0.763. The predicted octanol–water partition coefficient (Wildman–Crippen LogP) is 1.15. The minimum absolute atomic E-state index is 0.0594. The van der Waals surface area contributed by atoms with E-state index in [2.05, 4.69) is 5.32 Å². The van der Waals surface area contributed by atoms with Crippen LogP contribution in [0.5, 0.6) is 0 Å². The van der Waals surface area contributed by atoms with E-state index in [-0.39, 0.29) is 17.8 Å². The fraction of sp³-hybridized carbons (Fsp3) is 0.364. The Morgan fingerprint density at radius 1 is 1.40 bits per heavy atom. The first-order valence-corrected chi connectivity index (χ1v) is 4.96. The van der Waals surface area contributed by atoms with Crippen LogP contribution in [0.3, 0.4) is 0 Å². The Balaban J connectivity index is 2.19. The minimum atomic E-state index is -0.282. The van der Waals surface area contributed by atoms with E-state index >= 15 is 0 Å². The summed E-state index contributed by atoms with van der Waals surface area (Å²) in [6, 6.07) is 5.90. The molecule has 1 aliphatic rings. The smallest absolute Gasteiger partial charge is 0.244 e. The van der Waals surface area contributed by atoms with Crippen molar-refractivity contribution in [2.45, 2.75) is 12.5 Å². The Labute approximate surface area is 87.9 Å². The van der Waals surface area contributed by atoms with Gasteiger partial charge < -0.3 is 10.2 Å². The van der Waals surface area contributed by atoms with Crippen LogP contribution >= 0.6 is 0 Å². The third kappa shape index (κ3) is 1.85. The molecule has 1 atom stereocenters. The van der Waals surface area contributed by atoms with E-state index in [4.69, 9.17) is 0 Å². The summed E-state index contributed by atoms with van der Waals surface area (Å²) in [4.78, 5) is 13.5. The summed E-state index contributed by atoms with van der Waals surface area (Å²) in [5.74, 6) is -0.223. The van der Waals surface area contributed by atoms with E-state index in [9.17, 15) is 9.18 Å². The maximum atomic E-state index is 12.7. The van der Waals surface area contributed by atoms with Gasteiger partial charge in [-0.3, -0.25) is 4.79 Å². The molecule has 15 heavy (non-hydrogen) atoms. The third-order valence-electron chi connectivity index (χ3n) is 2.69. The first kappa shape index (κ1) is 10.1. The number of hydrogen-bond acceptors (Lipinski definition) is 2. The Morgan fingerprint density at radius 3 is 2.60 bits per heavy atom. The highest BCUT2D eigenvalue weighted by molar-refractivity contribution is 5.99. The highest BCUT2D eigenvalue weighted by Gasteiger charge is 2.30. The monoisotopic (exact) mass is 208 g/mol. The van der Waals surface area contributed by atoms with Crippen molar-refractivity contribution in [3.05, 3.63) is 30.1 Å². The molecule has 1 saturated heterocycles. The number of benzene rings is 1. The second kappa shape index (κ2) is 3.98. The van der Waals surface area contributed by atoms with Gasteiger partial charge in [-0.2, -0.15) is 0 Å². The second-order valence-corrected chi connectivity index (χ2v) is 3.60. The van der Waals surface area contributed by atoms with Crippen LogP contribution in [-0.4, -0.2) is 25.5 Å². The first-order valence-electron chi connectivity index (χ1n) is 4.96. The summed E-state index contributed by atoms with van der Waals surface area (Å²) >= 11 is 0. The van der Waals surface area contributed by atoms with Crippen LogP contribution in [0.4, 0.5) is 10.1 Å². The summed E-state index contributed by atoms with van der Waals surface area (Å²) < 4.78 is 12.7. The molecule has 1 N–H and O–H groups in total. The predicted molar refractivity (Wildman–Crippen MR) is 56.2 cm³/mol. The highest BCUT2D eigenvalue weighted by Crippen LogP contribution is 2.21. The molecule has 4 heteroatoms. The van der Waals surface area contributed by atoms with Crippen molar-refractivity contribution in [2.24, 2.45) is 0 Å². The molecule has 1 aliphatic heterocycles. The van der Waals surface area contributed by atoms with Crippen molar-refractivity contribution >= 4 is 11.6 Å². The molecule has 0 spiro atoms. The lowest BCUT2D eigenvalue weighted by Gasteiger charge is -2.16. The number of carbonyl (C=O) groups excluding carboxylic acids is 1. The number of nitrogens with zero attached hydrogens (tertiary/aromatic N) is 1. The molecule has 3 nitrogen and oxygen atoms in total. The van der Waals surface area contributed by atoms with Crippen molar-refractivity contribution in [3.63, 3.8) is 0 Å². The molecule has 0 saturated carbocycles. The van der Waals surface area contributed by atoms with Crippen LogP contribution < -0.4 is 10.2 Å². The number of nitrogens with one attached hydrogen (secondary N) is 1. The van der Waals surface area contributed by atoms with Gasteiger partial charge >= 0.3 is 0 Å². The lowest BCUT2D eigenvalue weighted by Crippen LogP contribution is -2.36. The molecule has 0 aliphatic carbocycles. The van der Waals surface area contributed by atoms with Crippen LogP contribution in [0.25, 0.3) is 0 Å². The molecule has 80 valence electrons. The second-order valence-electron chi connectivity index (χ2n) is 3.60.